The lowest BCUT2D eigenvalue weighted by atomic mass is 9.98. The van der Waals surface area contributed by atoms with Crippen LogP contribution >= 0.6 is 0 Å². The van der Waals surface area contributed by atoms with Crippen molar-refractivity contribution >= 4 is 26.8 Å². The van der Waals surface area contributed by atoms with Crippen molar-refractivity contribution in [2.45, 2.75) is 17.7 Å². The minimum atomic E-state index is -3.44. The van der Waals surface area contributed by atoms with Gasteiger partial charge in [0, 0.05) is 42.9 Å². The molecule has 7 nitrogen and oxygen atoms in total. The molecule has 0 unspecified atom stereocenters. The molecule has 1 fully saturated rings. The van der Waals surface area contributed by atoms with Crippen LogP contribution in [0.4, 0.5) is 0 Å². The van der Waals surface area contributed by atoms with Gasteiger partial charge >= 0.3 is 0 Å². The molecule has 0 radical (unpaired) electrons. The van der Waals surface area contributed by atoms with E-state index in [1.165, 1.54) is 4.31 Å². The number of amides is 1. The predicted octanol–water partition coefficient (Wildman–Crippen LogP) is 2.39. The van der Waals surface area contributed by atoms with Gasteiger partial charge in [-0.3, -0.25) is 9.78 Å². The van der Waals surface area contributed by atoms with Gasteiger partial charge in [0.15, 0.2) is 0 Å². The van der Waals surface area contributed by atoms with Gasteiger partial charge in [-0.2, -0.15) is 4.31 Å². The number of nitrogens with one attached hydrogen (secondary N) is 2. The molecule has 146 valence electrons. The van der Waals surface area contributed by atoms with E-state index in [0.717, 1.165) is 23.7 Å². The molecule has 1 saturated heterocycles. The molecule has 0 bridgehead atoms. The van der Waals surface area contributed by atoms with Crippen LogP contribution in [-0.2, 0) is 10.0 Å². The number of hydrogen-bond acceptors (Lipinski definition) is 4. The second-order valence-corrected chi connectivity index (χ2v) is 8.95. The standard InChI is InChI=1S/C20H22N4O3S/c25-20(19-12-16-14-21-9-6-18(16)23-19)22-13-15-7-10-24(11-8-15)28(26,27)17-4-2-1-3-5-17/h1-6,9,12,14-15,23H,7-8,10-11,13H2,(H,22,25). The smallest absolute Gasteiger partial charge is 0.267 e. The van der Waals surface area contributed by atoms with Crippen LogP contribution in [0.1, 0.15) is 23.3 Å². The van der Waals surface area contributed by atoms with Gasteiger partial charge in [-0.15, -0.1) is 0 Å². The van der Waals surface area contributed by atoms with Gasteiger partial charge < -0.3 is 10.3 Å². The zero-order valence-corrected chi connectivity index (χ0v) is 16.2. The Kier molecular flexibility index (Phi) is 5.15. The lowest BCUT2D eigenvalue weighted by Crippen LogP contribution is -2.41. The molecule has 4 rings (SSSR count). The summed E-state index contributed by atoms with van der Waals surface area (Å²) in [6.07, 6.45) is 4.84. The first-order chi connectivity index (χ1) is 13.5. The number of benzene rings is 1. The number of piperidine rings is 1. The van der Waals surface area contributed by atoms with Crippen LogP contribution in [-0.4, -0.2) is 48.2 Å². The lowest BCUT2D eigenvalue weighted by Gasteiger charge is -2.31. The molecule has 3 aromatic rings. The Balaban J connectivity index is 1.31. The third-order valence-electron chi connectivity index (χ3n) is 5.17. The quantitative estimate of drug-likeness (QED) is 0.690. The molecule has 1 aromatic carbocycles. The Bertz CT molecular complexity index is 1040. The van der Waals surface area contributed by atoms with E-state index < -0.39 is 10.0 Å². The van der Waals surface area contributed by atoms with Crippen LogP contribution in [0.15, 0.2) is 59.8 Å². The number of pyridine rings is 1. The fourth-order valence-corrected chi connectivity index (χ4v) is 5.01. The first-order valence-corrected chi connectivity index (χ1v) is 10.7. The summed E-state index contributed by atoms with van der Waals surface area (Å²) in [6.45, 7) is 1.47. The van der Waals surface area contributed by atoms with E-state index in [0.29, 0.717) is 30.2 Å². The van der Waals surface area contributed by atoms with E-state index in [9.17, 15) is 13.2 Å². The number of fused-ring (bicyclic) bond motifs is 1. The number of aromatic nitrogens is 2. The van der Waals surface area contributed by atoms with Crippen molar-refractivity contribution in [1.82, 2.24) is 19.6 Å². The molecular formula is C20H22N4O3S. The highest BCUT2D eigenvalue weighted by Crippen LogP contribution is 2.23. The van der Waals surface area contributed by atoms with Gasteiger partial charge in [0.1, 0.15) is 5.69 Å². The van der Waals surface area contributed by atoms with Crippen molar-refractivity contribution in [3.8, 4) is 0 Å². The SMILES string of the molecule is O=C(NCC1CCN(S(=O)(=O)c2ccccc2)CC1)c1cc2cnccc2[nH]1. The molecule has 0 atom stereocenters. The second-order valence-electron chi connectivity index (χ2n) is 7.02. The molecule has 28 heavy (non-hydrogen) atoms. The van der Waals surface area contributed by atoms with Gasteiger partial charge in [0.2, 0.25) is 10.0 Å². The third-order valence-corrected chi connectivity index (χ3v) is 7.08. The van der Waals surface area contributed by atoms with Crippen LogP contribution in [0, 0.1) is 5.92 Å². The van der Waals surface area contributed by atoms with E-state index in [1.54, 1.807) is 48.8 Å². The molecule has 0 spiro atoms. The first-order valence-electron chi connectivity index (χ1n) is 9.30. The number of sulfonamides is 1. The van der Waals surface area contributed by atoms with Gasteiger partial charge in [0.05, 0.1) is 4.90 Å². The predicted molar refractivity (Wildman–Crippen MR) is 106 cm³/mol. The highest BCUT2D eigenvalue weighted by Gasteiger charge is 2.29. The number of aromatic amines is 1. The molecule has 0 saturated carbocycles. The van der Waals surface area contributed by atoms with E-state index in [2.05, 4.69) is 15.3 Å². The lowest BCUT2D eigenvalue weighted by molar-refractivity contribution is 0.0937. The number of rotatable bonds is 5. The molecule has 1 aliphatic rings. The zero-order chi connectivity index (χ0) is 19.6. The van der Waals surface area contributed by atoms with E-state index >= 15 is 0 Å². The average Bonchev–Trinajstić information content (AvgIpc) is 3.17. The number of hydrogen-bond donors (Lipinski definition) is 2. The Labute approximate surface area is 163 Å². The summed E-state index contributed by atoms with van der Waals surface area (Å²) in [5, 5.41) is 3.85. The van der Waals surface area contributed by atoms with Gasteiger partial charge in [-0.25, -0.2) is 8.42 Å². The summed E-state index contributed by atoms with van der Waals surface area (Å²) in [5.74, 6) is 0.104. The molecule has 2 aromatic heterocycles. The van der Waals surface area contributed by atoms with Crippen LogP contribution in [0.2, 0.25) is 0 Å². The van der Waals surface area contributed by atoms with Gasteiger partial charge in [-0.05, 0) is 43.0 Å². The fourth-order valence-electron chi connectivity index (χ4n) is 3.52. The summed E-state index contributed by atoms with van der Waals surface area (Å²) < 4.78 is 26.9. The Morgan fingerprint density at radius 3 is 2.64 bits per heavy atom. The third kappa shape index (κ3) is 3.79. The summed E-state index contributed by atoms with van der Waals surface area (Å²) in [7, 11) is -3.44. The fraction of sp³-hybridized carbons (Fsp3) is 0.300. The average molecular weight is 398 g/mol. The Morgan fingerprint density at radius 2 is 1.93 bits per heavy atom. The number of nitrogens with zero attached hydrogens (tertiary/aromatic N) is 2. The molecule has 2 N–H and O–H groups in total. The number of carbonyl (C=O) groups is 1. The monoisotopic (exact) mass is 398 g/mol. The molecule has 1 amide bonds. The second kappa shape index (κ2) is 7.73. The molecule has 1 aliphatic heterocycles. The maximum Gasteiger partial charge on any atom is 0.267 e. The van der Waals surface area contributed by atoms with E-state index in [4.69, 9.17) is 0 Å². The minimum absolute atomic E-state index is 0.157. The zero-order valence-electron chi connectivity index (χ0n) is 15.3. The summed E-state index contributed by atoms with van der Waals surface area (Å²) in [6, 6.07) is 12.1. The van der Waals surface area contributed by atoms with E-state index in [-0.39, 0.29) is 11.8 Å². The van der Waals surface area contributed by atoms with Crippen molar-refractivity contribution < 1.29 is 13.2 Å². The van der Waals surface area contributed by atoms with Crippen molar-refractivity contribution in [1.29, 1.82) is 0 Å². The highest BCUT2D eigenvalue weighted by molar-refractivity contribution is 7.89. The van der Waals surface area contributed by atoms with Crippen LogP contribution in [0.3, 0.4) is 0 Å². The number of carbonyl (C=O) groups excluding carboxylic acids is 1. The van der Waals surface area contributed by atoms with Crippen molar-refractivity contribution in [2.75, 3.05) is 19.6 Å². The van der Waals surface area contributed by atoms with Crippen LogP contribution in [0.5, 0.6) is 0 Å². The largest absolute Gasteiger partial charge is 0.350 e. The van der Waals surface area contributed by atoms with Crippen molar-refractivity contribution in [3.63, 3.8) is 0 Å². The highest BCUT2D eigenvalue weighted by atomic mass is 32.2. The summed E-state index contributed by atoms with van der Waals surface area (Å²) in [5.41, 5.74) is 1.38. The molecule has 0 aliphatic carbocycles. The Morgan fingerprint density at radius 1 is 1.18 bits per heavy atom. The van der Waals surface area contributed by atoms with Crippen LogP contribution in [0.25, 0.3) is 10.9 Å². The van der Waals surface area contributed by atoms with E-state index in [1.807, 2.05) is 6.07 Å². The molecule has 3 heterocycles. The minimum Gasteiger partial charge on any atom is -0.350 e. The van der Waals surface area contributed by atoms with Crippen LogP contribution < -0.4 is 5.32 Å². The molecular weight excluding hydrogens is 376 g/mol. The van der Waals surface area contributed by atoms with Gasteiger partial charge in [0.25, 0.3) is 5.91 Å². The summed E-state index contributed by atoms with van der Waals surface area (Å²) in [4.78, 5) is 19.9. The maximum atomic E-state index is 12.7. The molecule has 8 heteroatoms. The Hall–Kier alpha value is -2.71. The maximum absolute atomic E-state index is 12.7. The van der Waals surface area contributed by atoms with Crippen molar-refractivity contribution in [3.05, 3.63) is 60.6 Å². The summed E-state index contributed by atoms with van der Waals surface area (Å²) >= 11 is 0. The van der Waals surface area contributed by atoms with Gasteiger partial charge in [-0.1, -0.05) is 18.2 Å². The van der Waals surface area contributed by atoms with Crippen molar-refractivity contribution in [2.24, 2.45) is 5.92 Å². The topological polar surface area (TPSA) is 95.2 Å². The number of H-pyrrole nitrogens is 1. The first kappa shape index (κ1) is 18.6. The normalized spacial score (nSPS) is 16.3.